The number of fused-ring (bicyclic) bond motifs is 1. The summed E-state index contributed by atoms with van der Waals surface area (Å²) in [5.74, 6) is 0.493. The second kappa shape index (κ2) is 8.14. The molecule has 1 fully saturated rings. The quantitative estimate of drug-likeness (QED) is 0.653. The van der Waals surface area contributed by atoms with Crippen LogP contribution in [0.4, 0.5) is 13.2 Å². The number of hydrogen-bond donors (Lipinski definition) is 1. The fourth-order valence-corrected chi connectivity index (χ4v) is 3.67. The third kappa shape index (κ3) is 4.18. The largest absolute Gasteiger partial charge is 0.439 e. The van der Waals surface area contributed by atoms with Gasteiger partial charge in [-0.1, -0.05) is 13.0 Å². The summed E-state index contributed by atoms with van der Waals surface area (Å²) in [6.45, 7) is 2.56. The molecule has 2 atom stereocenters. The Hall–Kier alpha value is -3.20. The highest BCUT2D eigenvalue weighted by molar-refractivity contribution is 5.95. The van der Waals surface area contributed by atoms with Crippen molar-refractivity contribution in [3.8, 4) is 11.6 Å². The Morgan fingerprint density at radius 2 is 2.03 bits per heavy atom. The lowest BCUT2D eigenvalue weighted by Crippen LogP contribution is -2.60. The van der Waals surface area contributed by atoms with Gasteiger partial charge < -0.3 is 14.7 Å². The van der Waals surface area contributed by atoms with Crippen molar-refractivity contribution in [2.75, 3.05) is 13.2 Å². The van der Waals surface area contributed by atoms with Crippen LogP contribution in [0.15, 0.2) is 48.7 Å². The van der Waals surface area contributed by atoms with Gasteiger partial charge in [-0.3, -0.25) is 4.79 Å². The first kappa shape index (κ1) is 21.0. The highest BCUT2D eigenvalue weighted by atomic mass is 19.4. The molecule has 162 valence electrons. The fraction of sp³-hybridized carbons (Fsp3) is 0.318. The van der Waals surface area contributed by atoms with Gasteiger partial charge in [0.15, 0.2) is 0 Å². The Labute approximate surface area is 176 Å². The number of nitrogens with zero attached hydrogens (tertiary/aromatic N) is 3. The molecule has 1 aromatic carbocycles. The zero-order chi connectivity index (χ0) is 22.2. The van der Waals surface area contributed by atoms with Crippen LogP contribution in [0, 0.1) is 5.92 Å². The Morgan fingerprint density at radius 1 is 1.23 bits per heavy atom. The average Bonchev–Trinajstić information content (AvgIpc) is 2.73. The Morgan fingerprint density at radius 3 is 2.68 bits per heavy atom. The number of likely N-dealkylation sites (tertiary alicyclic amines) is 1. The van der Waals surface area contributed by atoms with Crippen molar-refractivity contribution in [2.24, 2.45) is 5.92 Å². The van der Waals surface area contributed by atoms with E-state index in [0.29, 0.717) is 41.0 Å². The van der Waals surface area contributed by atoms with E-state index in [1.165, 1.54) is 0 Å². The van der Waals surface area contributed by atoms with Crippen molar-refractivity contribution in [3.63, 3.8) is 0 Å². The number of carbonyl (C=O) groups is 1. The lowest BCUT2D eigenvalue weighted by atomic mass is 9.86. The molecular weight excluding hydrogens is 411 g/mol. The van der Waals surface area contributed by atoms with E-state index in [0.717, 1.165) is 18.6 Å². The summed E-state index contributed by atoms with van der Waals surface area (Å²) in [5, 5.41) is 10.2. The van der Waals surface area contributed by atoms with Crippen LogP contribution in [-0.2, 0) is 6.18 Å². The zero-order valence-corrected chi connectivity index (χ0v) is 16.6. The molecule has 0 bridgehead atoms. The topological polar surface area (TPSA) is 75.6 Å². The maximum atomic E-state index is 12.7. The third-order valence-corrected chi connectivity index (χ3v) is 5.51. The number of aromatic nitrogens is 2. The minimum Gasteiger partial charge on any atom is -0.439 e. The van der Waals surface area contributed by atoms with E-state index in [9.17, 15) is 23.1 Å². The van der Waals surface area contributed by atoms with Crippen LogP contribution in [0.3, 0.4) is 0 Å². The molecule has 0 radical (unpaired) electrons. The highest BCUT2D eigenvalue weighted by Crippen LogP contribution is 2.31. The molecule has 1 N–H and O–H groups in total. The molecule has 2 unspecified atom stereocenters. The first-order chi connectivity index (χ1) is 14.8. The van der Waals surface area contributed by atoms with Crippen molar-refractivity contribution in [3.05, 3.63) is 59.9 Å². The summed E-state index contributed by atoms with van der Waals surface area (Å²) in [6.07, 6.45) is -2.84. The molecule has 31 heavy (non-hydrogen) atoms. The summed E-state index contributed by atoms with van der Waals surface area (Å²) < 4.78 is 43.5. The molecule has 0 spiro atoms. The Kier molecular flexibility index (Phi) is 5.53. The SMILES string of the molecule is CCC1CN(C(=O)c2ccc3cc(Oc4ccc(C(F)(F)F)cn4)ccc3n2)C1CO. The van der Waals surface area contributed by atoms with E-state index in [2.05, 4.69) is 9.97 Å². The van der Waals surface area contributed by atoms with Crippen molar-refractivity contribution in [1.82, 2.24) is 14.9 Å². The van der Waals surface area contributed by atoms with Gasteiger partial charge in [-0.15, -0.1) is 0 Å². The van der Waals surface area contributed by atoms with Crippen LogP contribution >= 0.6 is 0 Å². The van der Waals surface area contributed by atoms with Gasteiger partial charge in [0.25, 0.3) is 5.91 Å². The first-order valence-corrected chi connectivity index (χ1v) is 9.84. The van der Waals surface area contributed by atoms with Crippen LogP contribution < -0.4 is 4.74 Å². The van der Waals surface area contributed by atoms with E-state index >= 15 is 0 Å². The molecule has 1 saturated heterocycles. The fourth-order valence-electron chi connectivity index (χ4n) is 3.67. The van der Waals surface area contributed by atoms with E-state index in [4.69, 9.17) is 4.74 Å². The molecule has 3 aromatic rings. The van der Waals surface area contributed by atoms with Crippen LogP contribution in [0.1, 0.15) is 29.4 Å². The van der Waals surface area contributed by atoms with Gasteiger partial charge >= 0.3 is 6.18 Å². The van der Waals surface area contributed by atoms with Gasteiger partial charge in [0.05, 0.1) is 23.7 Å². The van der Waals surface area contributed by atoms with Crippen LogP contribution in [-0.4, -0.2) is 45.1 Å². The Balaban J connectivity index is 1.50. The highest BCUT2D eigenvalue weighted by Gasteiger charge is 2.40. The standard InChI is InChI=1S/C22H20F3N3O3/c1-2-13-11-28(19(13)12-29)21(30)18-6-3-14-9-16(5-7-17(14)27-18)31-20-8-4-15(10-26-20)22(23,24)25/h3-10,13,19,29H,2,11-12H2,1H3. The number of aliphatic hydroxyl groups is 1. The second-order valence-electron chi connectivity index (χ2n) is 7.41. The number of rotatable bonds is 5. The molecule has 4 rings (SSSR count). The van der Waals surface area contributed by atoms with Gasteiger partial charge in [-0.2, -0.15) is 13.2 Å². The van der Waals surface area contributed by atoms with E-state index in [1.54, 1.807) is 35.2 Å². The summed E-state index contributed by atoms with van der Waals surface area (Å²) in [4.78, 5) is 22.5. The summed E-state index contributed by atoms with van der Waals surface area (Å²) >= 11 is 0. The number of carbonyl (C=O) groups excluding carboxylic acids is 1. The Bertz CT molecular complexity index is 1100. The molecule has 1 aliphatic heterocycles. The van der Waals surface area contributed by atoms with Crippen molar-refractivity contribution >= 4 is 16.8 Å². The van der Waals surface area contributed by atoms with Crippen LogP contribution in [0.25, 0.3) is 10.9 Å². The summed E-state index contributed by atoms with van der Waals surface area (Å²) in [6, 6.07) is 10.2. The van der Waals surface area contributed by atoms with Crippen molar-refractivity contribution in [1.29, 1.82) is 0 Å². The van der Waals surface area contributed by atoms with Crippen LogP contribution in [0.5, 0.6) is 11.6 Å². The van der Waals surface area contributed by atoms with Gasteiger partial charge in [-0.05, 0) is 42.7 Å². The van der Waals surface area contributed by atoms with Gasteiger partial charge in [0.2, 0.25) is 5.88 Å². The second-order valence-corrected chi connectivity index (χ2v) is 7.41. The number of aliphatic hydroxyl groups excluding tert-OH is 1. The number of amides is 1. The molecule has 1 aliphatic rings. The number of benzene rings is 1. The molecule has 2 aromatic heterocycles. The molecule has 1 amide bonds. The summed E-state index contributed by atoms with van der Waals surface area (Å²) in [5.41, 5.74) is 0.0147. The lowest BCUT2D eigenvalue weighted by Gasteiger charge is -2.47. The first-order valence-electron chi connectivity index (χ1n) is 9.84. The molecule has 9 heteroatoms. The van der Waals surface area contributed by atoms with Gasteiger partial charge in [0, 0.05) is 24.2 Å². The summed E-state index contributed by atoms with van der Waals surface area (Å²) in [7, 11) is 0. The van der Waals surface area contributed by atoms with Crippen molar-refractivity contribution < 1.29 is 27.8 Å². The smallest absolute Gasteiger partial charge is 0.417 e. The number of halogens is 3. The minimum absolute atomic E-state index is 0.0328. The van der Waals surface area contributed by atoms with E-state index in [-0.39, 0.29) is 24.4 Å². The maximum absolute atomic E-state index is 12.7. The number of pyridine rings is 2. The normalized spacial score (nSPS) is 18.7. The van der Waals surface area contributed by atoms with Crippen LogP contribution in [0.2, 0.25) is 0 Å². The predicted octanol–water partition coefficient (Wildman–Crippen LogP) is 4.28. The maximum Gasteiger partial charge on any atom is 0.417 e. The molecule has 0 aliphatic carbocycles. The molecular formula is C22H20F3N3O3. The lowest BCUT2D eigenvalue weighted by molar-refractivity contribution is -0.137. The molecule has 6 nitrogen and oxygen atoms in total. The predicted molar refractivity (Wildman–Crippen MR) is 107 cm³/mol. The van der Waals surface area contributed by atoms with Crippen molar-refractivity contribution in [2.45, 2.75) is 25.6 Å². The molecule has 3 heterocycles. The number of ether oxygens (including phenoxy) is 1. The average molecular weight is 431 g/mol. The van der Waals surface area contributed by atoms with E-state index in [1.807, 2.05) is 6.92 Å². The minimum atomic E-state index is -4.46. The van der Waals surface area contributed by atoms with Gasteiger partial charge in [0.1, 0.15) is 11.4 Å². The zero-order valence-electron chi connectivity index (χ0n) is 16.6. The monoisotopic (exact) mass is 431 g/mol. The molecule has 0 saturated carbocycles. The van der Waals surface area contributed by atoms with E-state index < -0.39 is 11.7 Å². The number of alkyl halides is 3. The van der Waals surface area contributed by atoms with Gasteiger partial charge in [-0.25, -0.2) is 9.97 Å². The number of hydrogen-bond acceptors (Lipinski definition) is 5. The third-order valence-electron chi connectivity index (χ3n) is 5.51.